The number of carbonyl (C=O) groups is 1. The lowest BCUT2D eigenvalue weighted by atomic mass is 9.93. The van der Waals surface area contributed by atoms with Crippen LogP contribution in [0.2, 0.25) is 5.02 Å². The third kappa shape index (κ3) is 4.99. The molecule has 0 bridgehead atoms. The molecule has 2 rings (SSSR count). The molecule has 2 aromatic carbocycles. The van der Waals surface area contributed by atoms with Gasteiger partial charge in [-0.25, -0.2) is 0 Å². The van der Waals surface area contributed by atoms with Crippen LogP contribution in [0.5, 0.6) is 5.75 Å². The standard InChI is InChI=1S/C21H26ClNO2/c1-13(2)18-12-19(14(3)10-20(18)25-5)15(4)23-21(24)11-16-6-8-17(22)9-7-16/h6-10,12-13,15H,11H2,1-5H3,(H,23,24)/t15-/m0/s1. The lowest BCUT2D eigenvalue weighted by molar-refractivity contribution is -0.121. The lowest BCUT2D eigenvalue weighted by Gasteiger charge is -2.21. The van der Waals surface area contributed by atoms with Gasteiger partial charge in [0.1, 0.15) is 5.75 Å². The van der Waals surface area contributed by atoms with Crippen LogP contribution < -0.4 is 10.1 Å². The van der Waals surface area contributed by atoms with Crippen LogP contribution in [-0.4, -0.2) is 13.0 Å². The zero-order valence-corrected chi connectivity index (χ0v) is 16.3. The van der Waals surface area contributed by atoms with Gasteiger partial charge in [-0.15, -0.1) is 0 Å². The zero-order valence-electron chi connectivity index (χ0n) is 15.5. The molecule has 0 aliphatic carbocycles. The minimum atomic E-state index is -0.0665. The van der Waals surface area contributed by atoms with E-state index < -0.39 is 0 Å². The minimum absolute atomic E-state index is 0.00358. The fraction of sp³-hybridized carbons (Fsp3) is 0.381. The van der Waals surface area contributed by atoms with Crippen LogP contribution in [0.3, 0.4) is 0 Å². The van der Waals surface area contributed by atoms with Crippen molar-refractivity contribution in [3.8, 4) is 5.75 Å². The van der Waals surface area contributed by atoms with E-state index in [-0.39, 0.29) is 11.9 Å². The van der Waals surface area contributed by atoms with Gasteiger partial charge in [0.05, 0.1) is 19.6 Å². The van der Waals surface area contributed by atoms with Gasteiger partial charge in [-0.05, 0) is 66.3 Å². The van der Waals surface area contributed by atoms with Crippen molar-refractivity contribution < 1.29 is 9.53 Å². The molecule has 25 heavy (non-hydrogen) atoms. The number of hydrogen-bond donors (Lipinski definition) is 1. The van der Waals surface area contributed by atoms with Crippen LogP contribution in [0.4, 0.5) is 0 Å². The van der Waals surface area contributed by atoms with Crippen molar-refractivity contribution in [2.75, 3.05) is 7.11 Å². The number of ether oxygens (including phenoxy) is 1. The maximum absolute atomic E-state index is 12.4. The van der Waals surface area contributed by atoms with E-state index in [9.17, 15) is 4.79 Å². The Balaban J connectivity index is 2.14. The van der Waals surface area contributed by atoms with E-state index in [4.69, 9.17) is 16.3 Å². The number of benzene rings is 2. The summed E-state index contributed by atoms with van der Waals surface area (Å²) in [4.78, 5) is 12.4. The van der Waals surface area contributed by atoms with Gasteiger partial charge in [0.25, 0.3) is 0 Å². The highest BCUT2D eigenvalue weighted by atomic mass is 35.5. The predicted octanol–water partition coefficient (Wildman–Crippen LogP) is 5.20. The smallest absolute Gasteiger partial charge is 0.224 e. The monoisotopic (exact) mass is 359 g/mol. The summed E-state index contributed by atoms with van der Waals surface area (Å²) in [5.41, 5.74) is 4.33. The van der Waals surface area contributed by atoms with Gasteiger partial charge < -0.3 is 10.1 Å². The van der Waals surface area contributed by atoms with Crippen molar-refractivity contribution in [3.63, 3.8) is 0 Å². The molecular weight excluding hydrogens is 334 g/mol. The molecule has 3 nitrogen and oxygen atoms in total. The van der Waals surface area contributed by atoms with E-state index in [1.165, 1.54) is 0 Å². The molecule has 0 aromatic heterocycles. The highest BCUT2D eigenvalue weighted by Gasteiger charge is 2.17. The molecule has 0 radical (unpaired) electrons. The zero-order chi connectivity index (χ0) is 18.6. The first-order chi connectivity index (χ1) is 11.8. The summed E-state index contributed by atoms with van der Waals surface area (Å²) >= 11 is 5.88. The number of amides is 1. The molecule has 4 heteroatoms. The highest BCUT2D eigenvalue weighted by Crippen LogP contribution is 2.32. The number of hydrogen-bond acceptors (Lipinski definition) is 2. The van der Waals surface area contributed by atoms with Crippen LogP contribution in [0.1, 0.15) is 55.0 Å². The molecule has 0 unspecified atom stereocenters. The minimum Gasteiger partial charge on any atom is -0.496 e. The second kappa shape index (κ2) is 8.39. The SMILES string of the molecule is COc1cc(C)c([C@H](C)NC(=O)Cc2ccc(Cl)cc2)cc1C(C)C. The molecule has 2 aromatic rings. The summed E-state index contributed by atoms with van der Waals surface area (Å²) in [6, 6.07) is 11.5. The molecule has 134 valence electrons. The molecule has 1 amide bonds. The first-order valence-electron chi connectivity index (χ1n) is 8.54. The van der Waals surface area contributed by atoms with E-state index in [2.05, 4.69) is 25.2 Å². The molecule has 1 N–H and O–H groups in total. The number of nitrogens with one attached hydrogen (secondary N) is 1. The van der Waals surface area contributed by atoms with Gasteiger partial charge in [-0.2, -0.15) is 0 Å². The Kier molecular flexibility index (Phi) is 6.49. The van der Waals surface area contributed by atoms with E-state index >= 15 is 0 Å². The van der Waals surface area contributed by atoms with E-state index in [0.29, 0.717) is 17.4 Å². The number of rotatable bonds is 6. The molecule has 0 saturated carbocycles. The summed E-state index contributed by atoms with van der Waals surface area (Å²) < 4.78 is 5.49. The van der Waals surface area contributed by atoms with Crippen molar-refractivity contribution in [2.45, 2.75) is 46.1 Å². The van der Waals surface area contributed by atoms with Crippen molar-refractivity contribution >= 4 is 17.5 Å². The summed E-state index contributed by atoms with van der Waals surface area (Å²) in [7, 11) is 1.69. The van der Waals surface area contributed by atoms with Crippen LogP contribution in [0.25, 0.3) is 0 Å². The van der Waals surface area contributed by atoms with Gasteiger partial charge in [0.15, 0.2) is 0 Å². The summed E-state index contributed by atoms with van der Waals surface area (Å²) in [6.45, 7) is 8.34. The van der Waals surface area contributed by atoms with Gasteiger partial charge in [0, 0.05) is 5.02 Å². The van der Waals surface area contributed by atoms with Crippen LogP contribution in [0.15, 0.2) is 36.4 Å². The Hall–Kier alpha value is -2.00. The van der Waals surface area contributed by atoms with E-state index in [1.54, 1.807) is 19.2 Å². The largest absolute Gasteiger partial charge is 0.496 e. The molecular formula is C21H26ClNO2. The van der Waals surface area contributed by atoms with Gasteiger partial charge >= 0.3 is 0 Å². The Morgan fingerprint density at radius 1 is 1.12 bits per heavy atom. The second-order valence-corrected chi connectivity index (χ2v) is 7.13. The molecule has 0 heterocycles. The number of aryl methyl sites for hydroxylation is 1. The summed E-state index contributed by atoms with van der Waals surface area (Å²) in [5.74, 6) is 1.25. The molecule has 1 atom stereocenters. The van der Waals surface area contributed by atoms with Crippen LogP contribution in [0, 0.1) is 6.92 Å². The average Bonchev–Trinajstić information content (AvgIpc) is 2.56. The predicted molar refractivity (Wildman–Crippen MR) is 104 cm³/mol. The number of carbonyl (C=O) groups excluding carboxylic acids is 1. The third-order valence-corrected chi connectivity index (χ3v) is 4.61. The average molecular weight is 360 g/mol. The topological polar surface area (TPSA) is 38.3 Å². The fourth-order valence-corrected chi connectivity index (χ4v) is 3.09. The maximum atomic E-state index is 12.4. The Morgan fingerprint density at radius 3 is 2.32 bits per heavy atom. The number of halogens is 1. The quantitative estimate of drug-likeness (QED) is 0.769. The third-order valence-electron chi connectivity index (χ3n) is 4.36. The fourth-order valence-electron chi connectivity index (χ4n) is 2.97. The maximum Gasteiger partial charge on any atom is 0.224 e. The van der Waals surface area contributed by atoms with Gasteiger partial charge in [-0.3, -0.25) is 4.79 Å². The lowest BCUT2D eigenvalue weighted by Crippen LogP contribution is -2.28. The first kappa shape index (κ1) is 19.3. The second-order valence-electron chi connectivity index (χ2n) is 6.70. The van der Waals surface area contributed by atoms with E-state index in [1.807, 2.05) is 32.0 Å². The molecule has 0 fully saturated rings. The van der Waals surface area contributed by atoms with Crippen molar-refractivity contribution in [2.24, 2.45) is 0 Å². The van der Waals surface area contributed by atoms with Crippen LogP contribution in [-0.2, 0) is 11.2 Å². The Bertz CT molecular complexity index is 738. The van der Waals surface area contributed by atoms with Crippen molar-refractivity contribution in [3.05, 3.63) is 63.7 Å². The summed E-state index contributed by atoms with van der Waals surface area (Å²) in [6.07, 6.45) is 0.341. The van der Waals surface area contributed by atoms with E-state index in [0.717, 1.165) is 28.0 Å². The van der Waals surface area contributed by atoms with Gasteiger partial charge in [0.2, 0.25) is 5.91 Å². The first-order valence-corrected chi connectivity index (χ1v) is 8.91. The Labute approximate surface area is 155 Å². The normalized spacial score (nSPS) is 12.1. The van der Waals surface area contributed by atoms with Crippen molar-refractivity contribution in [1.29, 1.82) is 0 Å². The molecule has 0 aliphatic rings. The molecule has 0 aliphatic heterocycles. The molecule has 0 saturated heterocycles. The van der Waals surface area contributed by atoms with Gasteiger partial charge in [-0.1, -0.05) is 37.6 Å². The van der Waals surface area contributed by atoms with Crippen molar-refractivity contribution in [1.82, 2.24) is 5.32 Å². The molecule has 0 spiro atoms. The highest BCUT2D eigenvalue weighted by molar-refractivity contribution is 6.30. The Morgan fingerprint density at radius 2 is 1.76 bits per heavy atom. The number of methoxy groups -OCH3 is 1. The summed E-state index contributed by atoms with van der Waals surface area (Å²) in [5, 5.41) is 3.76. The van der Waals surface area contributed by atoms with Crippen LogP contribution >= 0.6 is 11.6 Å².